The summed E-state index contributed by atoms with van der Waals surface area (Å²) < 4.78 is 0. The Labute approximate surface area is 128 Å². The molecule has 0 unspecified atom stereocenters. The van der Waals surface area contributed by atoms with E-state index in [0.717, 1.165) is 25.1 Å². The van der Waals surface area contributed by atoms with Crippen molar-refractivity contribution in [3.63, 3.8) is 0 Å². The van der Waals surface area contributed by atoms with E-state index in [0.29, 0.717) is 6.42 Å². The molecule has 1 aromatic carbocycles. The summed E-state index contributed by atoms with van der Waals surface area (Å²) in [5.41, 5.74) is 0. The fourth-order valence-corrected chi connectivity index (χ4v) is 3.37. The van der Waals surface area contributed by atoms with Gasteiger partial charge in [-0.05, 0) is 42.2 Å². The highest BCUT2D eigenvalue weighted by atomic mass is 32.2. The molecule has 2 nitrogen and oxygen atoms in total. The highest BCUT2D eigenvalue weighted by Gasteiger charge is 2.02. The average molecular weight is 305 g/mol. The van der Waals surface area contributed by atoms with E-state index in [9.17, 15) is 4.79 Å². The summed E-state index contributed by atoms with van der Waals surface area (Å²) in [5, 5.41) is 5.03. The third kappa shape index (κ3) is 5.80. The molecule has 0 bridgehead atoms. The van der Waals surface area contributed by atoms with Gasteiger partial charge in [-0.3, -0.25) is 4.79 Å². The number of aryl methyl sites for hydroxylation is 1. The second-order valence-corrected chi connectivity index (χ2v) is 6.64. The smallest absolute Gasteiger partial charge is 0.220 e. The molecule has 0 atom stereocenters. The van der Waals surface area contributed by atoms with E-state index in [1.54, 1.807) is 11.3 Å². The Morgan fingerprint density at radius 3 is 2.75 bits per heavy atom. The van der Waals surface area contributed by atoms with Crippen LogP contribution in [-0.4, -0.2) is 18.2 Å². The molecule has 0 radical (unpaired) electrons. The molecule has 20 heavy (non-hydrogen) atoms. The number of rotatable bonds is 8. The lowest BCUT2D eigenvalue weighted by Crippen LogP contribution is -2.24. The molecule has 0 saturated heterocycles. The molecule has 0 aliphatic carbocycles. The molecule has 106 valence electrons. The minimum absolute atomic E-state index is 0.156. The lowest BCUT2D eigenvalue weighted by molar-refractivity contribution is -0.121. The van der Waals surface area contributed by atoms with Crippen LogP contribution in [0.2, 0.25) is 0 Å². The van der Waals surface area contributed by atoms with Gasteiger partial charge in [0.1, 0.15) is 0 Å². The predicted molar refractivity (Wildman–Crippen MR) is 87.4 cm³/mol. The first kappa shape index (κ1) is 15.1. The van der Waals surface area contributed by atoms with Gasteiger partial charge in [0.15, 0.2) is 0 Å². The summed E-state index contributed by atoms with van der Waals surface area (Å²) in [5.74, 6) is 1.19. The van der Waals surface area contributed by atoms with Crippen LogP contribution in [0.5, 0.6) is 0 Å². The third-order valence-corrected chi connectivity index (χ3v) is 4.87. The first-order valence-electron chi connectivity index (χ1n) is 6.81. The lowest BCUT2D eigenvalue weighted by atomic mass is 10.2. The average Bonchev–Trinajstić information content (AvgIpc) is 2.99. The molecule has 0 aliphatic heterocycles. The number of benzene rings is 1. The normalized spacial score (nSPS) is 10.4. The zero-order valence-electron chi connectivity index (χ0n) is 11.4. The van der Waals surface area contributed by atoms with Crippen molar-refractivity contribution in [1.29, 1.82) is 0 Å². The number of amides is 1. The first-order valence-corrected chi connectivity index (χ1v) is 8.68. The van der Waals surface area contributed by atoms with E-state index in [1.165, 1.54) is 9.77 Å². The molecule has 1 heterocycles. The molecule has 1 amide bonds. The van der Waals surface area contributed by atoms with E-state index in [4.69, 9.17) is 0 Å². The Kier molecular flexibility index (Phi) is 6.68. The molecular weight excluding hydrogens is 286 g/mol. The van der Waals surface area contributed by atoms with E-state index < -0.39 is 0 Å². The van der Waals surface area contributed by atoms with Crippen LogP contribution in [0, 0.1) is 0 Å². The molecule has 2 aromatic rings. The number of thioether (sulfide) groups is 1. The summed E-state index contributed by atoms with van der Waals surface area (Å²) in [4.78, 5) is 14.2. The number of hydrogen-bond acceptors (Lipinski definition) is 3. The summed E-state index contributed by atoms with van der Waals surface area (Å²) in [6.07, 6.45) is 2.44. The van der Waals surface area contributed by atoms with Crippen molar-refractivity contribution in [1.82, 2.24) is 5.32 Å². The van der Waals surface area contributed by atoms with Crippen molar-refractivity contribution in [3.8, 4) is 0 Å². The van der Waals surface area contributed by atoms with Crippen LogP contribution in [0.25, 0.3) is 0 Å². The Morgan fingerprint density at radius 1 is 1.15 bits per heavy atom. The lowest BCUT2D eigenvalue weighted by Gasteiger charge is -2.05. The Bertz CT molecular complexity index is 496. The van der Waals surface area contributed by atoms with Gasteiger partial charge in [0.2, 0.25) is 5.91 Å². The van der Waals surface area contributed by atoms with Crippen LogP contribution in [0.3, 0.4) is 0 Å². The fourth-order valence-electron chi connectivity index (χ4n) is 1.79. The third-order valence-electron chi connectivity index (χ3n) is 2.83. The molecule has 1 N–H and O–H groups in total. The maximum atomic E-state index is 11.7. The molecule has 0 fully saturated rings. The van der Waals surface area contributed by atoms with Crippen LogP contribution < -0.4 is 5.32 Å². The number of hydrogen-bond donors (Lipinski definition) is 1. The van der Waals surface area contributed by atoms with Crippen LogP contribution >= 0.6 is 23.1 Å². The zero-order chi connectivity index (χ0) is 14.0. The van der Waals surface area contributed by atoms with E-state index in [1.807, 2.05) is 29.3 Å². The van der Waals surface area contributed by atoms with E-state index in [-0.39, 0.29) is 5.91 Å². The molecule has 0 spiro atoms. The largest absolute Gasteiger partial charge is 0.356 e. The molecule has 0 saturated carbocycles. The standard InChI is InChI=1S/C16H19NOS2/c18-16(10-9-15-8-4-12-19-15)17-11-5-13-20-14-6-2-1-3-7-14/h1-4,6-8,12H,5,9-11,13H2,(H,17,18). The summed E-state index contributed by atoms with van der Waals surface area (Å²) in [7, 11) is 0. The zero-order valence-corrected chi connectivity index (χ0v) is 13.0. The maximum Gasteiger partial charge on any atom is 0.220 e. The van der Waals surface area contributed by atoms with Crippen molar-refractivity contribution in [2.45, 2.75) is 24.2 Å². The Morgan fingerprint density at radius 2 is 2.00 bits per heavy atom. The summed E-state index contributed by atoms with van der Waals surface area (Å²) >= 11 is 3.54. The highest BCUT2D eigenvalue weighted by Crippen LogP contribution is 2.17. The van der Waals surface area contributed by atoms with Gasteiger partial charge in [0.05, 0.1) is 0 Å². The van der Waals surface area contributed by atoms with Crippen LogP contribution in [-0.2, 0) is 11.2 Å². The van der Waals surface area contributed by atoms with Crippen LogP contribution in [0.15, 0.2) is 52.7 Å². The van der Waals surface area contributed by atoms with Gasteiger partial charge < -0.3 is 5.32 Å². The van der Waals surface area contributed by atoms with Gasteiger partial charge in [0.25, 0.3) is 0 Å². The number of carbonyl (C=O) groups excluding carboxylic acids is 1. The van der Waals surface area contributed by atoms with Gasteiger partial charge in [-0.15, -0.1) is 23.1 Å². The van der Waals surface area contributed by atoms with Gasteiger partial charge in [-0.25, -0.2) is 0 Å². The van der Waals surface area contributed by atoms with Gasteiger partial charge in [-0.2, -0.15) is 0 Å². The van der Waals surface area contributed by atoms with Crippen LogP contribution in [0.4, 0.5) is 0 Å². The number of thiophene rings is 1. The molecule has 0 aliphatic rings. The van der Waals surface area contributed by atoms with Crippen molar-refractivity contribution in [3.05, 3.63) is 52.7 Å². The Balaban J connectivity index is 1.51. The molecule has 2 rings (SSSR count). The maximum absolute atomic E-state index is 11.7. The fraction of sp³-hybridized carbons (Fsp3) is 0.312. The minimum atomic E-state index is 0.156. The Hall–Kier alpha value is -1.26. The summed E-state index contributed by atoms with van der Waals surface area (Å²) in [6.45, 7) is 0.767. The van der Waals surface area contributed by atoms with Crippen molar-refractivity contribution in [2.75, 3.05) is 12.3 Å². The first-order chi connectivity index (χ1) is 9.84. The minimum Gasteiger partial charge on any atom is -0.356 e. The second kappa shape index (κ2) is 8.82. The second-order valence-electron chi connectivity index (χ2n) is 4.44. The van der Waals surface area contributed by atoms with E-state index in [2.05, 4.69) is 35.6 Å². The SMILES string of the molecule is O=C(CCc1cccs1)NCCCSc1ccccc1. The number of nitrogens with one attached hydrogen (secondary N) is 1. The monoisotopic (exact) mass is 305 g/mol. The molecular formula is C16H19NOS2. The van der Waals surface area contributed by atoms with Crippen molar-refractivity contribution < 1.29 is 4.79 Å². The topological polar surface area (TPSA) is 29.1 Å². The van der Waals surface area contributed by atoms with Crippen molar-refractivity contribution in [2.24, 2.45) is 0 Å². The molecule has 4 heteroatoms. The van der Waals surface area contributed by atoms with Crippen LogP contribution in [0.1, 0.15) is 17.7 Å². The van der Waals surface area contributed by atoms with Gasteiger partial charge in [-0.1, -0.05) is 24.3 Å². The highest BCUT2D eigenvalue weighted by molar-refractivity contribution is 7.99. The quantitative estimate of drug-likeness (QED) is 0.590. The molecule has 1 aromatic heterocycles. The van der Waals surface area contributed by atoms with Crippen molar-refractivity contribution >= 4 is 29.0 Å². The predicted octanol–water partition coefficient (Wildman–Crippen LogP) is 3.98. The summed E-state index contributed by atoms with van der Waals surface area (Å²) in [6, 6.07) is 14.5. The number of carbonyl (C=O) groups is 1. The van der Waals surface area contributed by atoms with Gasteiger partial charge in [0, 0.05) is 22.7 Å². The van der Waals surface area contributed by atoms with Gasteiger partial charge >= 0.3 is 0 Å². The van der Waals surface area contributed by atoms with E-state index >= 15 is 0 Å².